The van der Waals surface area contributed by atoms with Gasteiger partial charge in [-0.1, -0.05) is 59.9 Å². The highest BCUT2D eigenvalue weighted by molar-refractivity contribution is 8.26. The number of benzene rings is 2. The molecule has 0 saturated carbocycles. The lowest BCUT2D eigenvalue weighted by Gasteiger charge is -2.17. The van der Waals surface area contributed by atoms with Crippen LogP contribution in [0.25, 0.3) is 5.57 Å². The normalized spacial score (nSPS) is 18.3. The predicted octanol–water partition coefficient (Wildman–Crippen LogP) is 3.57. The highest BCUT2D eigenvalue weighted by atomic mass is 32.2. The molecule has 1 N–H and O–H groups in total. The zero-order valence-electron chi connectivity index (χ0n) is 16.5. The molecule has 0 unspecified atom stereocenters. The minimum absolute atomic E-state index is 0.151. The van der Waals surface area contributed by atoms with Gasteiger partial charge in [0, 0.05) is 17.8 Å². The molecule has 1 fully saturated rings. The van der Waals surface area contributed by atoms with E-state index in [0.717, 1.165) is 17.3 Å². The van der Waals surface area contributed by atoms with Gasteiger partial charge in [0.1, 0.15) is 10.9 Å². The summed E-state index contributed by atoms with van der Waals surface area (Å²) in [5.41, 5.74) is 3.31. The van der Waals surface area contributed by atoms with E-state index >= 15 is 0 Å². The van der Waals surface area contributed by atoms with Crippen molar-refractivity contribution in [2.75, 3.05) is 23.3 Å². The van der Waals surface area contributed by atoms with Crippen LogP contribution in [0.1, 0.15) is 18.1 Å². The average molecular weight is 438 g/mol. The first-order chi connectivity index (χ1) is 14.4. The van der Waals surface area contributed by atoms with Gasteiger partial charge >= 0.3 is 0 Å². The van der Waals surface area contributed by atoms with Crippen LogP contribution in [0.2, 0.25) is 0 Å². The van der Waals surface area contributed by atoms with Crippen LogP contribution >= 0.6 is 24.0 Å². The van der Waals surface area contributed by atoms with Crippen LogP contribution in [0, 0.1) is 6.92 Å². The molecule has 30 heavy (non-hydrogen) atoms. The Kier molecular flexibility index (Phi) is 5.44. The number of hydrogen-bond donors (Lipinski definition) is 1. The number of carbonyl (C=O) groups is 3. The average Bonchev–Trinajstić information content (AvgIpc) is 3.16. The second-order valence-corrected chi connectivity index (χ2v) is 8.59. The fourth-order valence-electron chi connectivity index (χ4n) is 3.46. The molecule has 1 saturated heterocycles. The van der Waals surface area contributed by atoms with Crippen molar-refractivity contribution in [1.29, 1.82) is 0 Å². The Labute approximate surface area is 183 Å². The number of thiocarbonyl (C=S) groups is 1. The molecule has 8 heteroatoms. The zero-order chi connectivity index (χ0) is 21.4. The molecule has 3 amide bonds. The fourth-order valence-corrected chi connectivity index (χ4v) is 4.92. The maximum atomic E-state index is 13.3. The Morgan fingerprint density at radius 1 is 1.03 bits per heavy atom. The molecule has 0 atom stereocenters. The number of anilines is 2. The van der Waals surface area contributed by atoms with Gasteiger partial charge in [-0.15, -0.1) is 0 Å². The van der Waals surface area contributed by atoms with Crippen LogP contribution in [0.15, 0.2) is 53.4 Å². The summed E-state index contributed by atoms with van der Waals surface area (Å²) in [4.78, 5) is 41.9. The minimum Gasteiger partial charge on any atom is -0.325 e. The third-order valence-corrected chi connectivity index (χ3v) is 6.40. The number of para-hydroxylation sites is 1. The molecule has 0 aliphatic carbocycles. The third-order valence-electron chi connectivity index (χ3n) is 4.95. The molecule has 4 rings (SSSR count). The van der Waals surface area contributed by atoms with E-state index in [1.165, 1.54) is 9.80 Å². The highest BCUT2D eigenvalue weighted by Crippen LogP contribution is 2.44. The van der Waals surface area contributed by atoms with Gasteiger partial charge in [-0.05, 0) is 32.0 Å². The SMILES string of the molecule is CCN1C(=O)C(=C2C(=O)N(CC(=O)Nc3ccc(C)cc3)c3ccccc32)SC1=S. The van der Waals surface area contributed by atoms with Crippen molar-refractivity contribution in [2.24, 2.45) is 0 Å². The second-order valence-electron chi connectivity index (χ2n) is 6.94. The lowest BCUT2D eigenvalue weighted by Crippen LogP contribution is -2.35. The number of carbonyl (C=O) groups excluding carboxylic acids is 3. The van der Waals surface area contributed by atoms with Crippen LogP contribution in [0.5, 0.6) is 0 Å². The summed E-state index contributed by atoms with van der Waals surface area (Å²) in [7, 11) is 0. The summed E-state index contributed by atoms with van der Waals surface area (Å²) in [6, 6.07) is 14.6. The van der Waals surface area contributed by atoms with E-state index in [1.54, 1.807) is 18.2 Å². The maximum Gasteiger partial charge on any atom is 0.266 e. The van der Waals surface area contributed by atoms with Crippen LogP contribution in [0.4, 0.5) is 11.4 Å². The summed E-state index contributed by atoms with van der Waals surface area (Å²) in [5.74, 6) is -0.951. The van der Waals surface area contributed by atoms with Gasteiger partial charge in [-0.3, -0.25) is 24.2 Å². The van der Waals surface area contributed by atoms with Crippen molar-refractivity contribution in [1.82, 2.24) is 4.90 Å². The fraction of sp³-hybridized carbons (Fsp3) is 0.182. The van der Waals surface area contributed by atoms with Gasteiger partial charge in [0.15, 0.2) is 0 Å². The standard InChI is InChI=1S/C22H19N3O3S2/c1-3-24-21(28)19(30-22(24)29)18-15-6-4-5-7-16(15)25(20(18)27)12-17(26)23-14-10-8-13(2)9-11-14/h4-11H,3,12H2,1-2H3,(H,23,26). The number of nitrogens with zero attached hydrogens (tertiary/aromatic N) is 2. The molecule has 152 valence electrons. The van der Waals surface area contributed by atoms with Gasteiger partial charge < -0.3 is 5.32 Å². The highest BCUT2D eigenvalue weighted by Gasteiger charge is 2.41. The van der Waals surface area contributed by atoms with Crippen molar-refractivity contribution in [3.05, 3.63) is 64.6 Å². The number of hydrogen-bond acceptors (Lipinski definition) is 5. The van der Waals surface area contributed by atoms with E-state index in [1.807, 2.05) is 44.2 Å². The Morgan fingerprint density at radius 3 is 2.40 bits per heavy atom. The first kappa shape index (κ1) is 20.3. The van der Waals surface area contributed by atoms with Crippen molar-refractivity contribution in [3.63, 3.8) is 0 Å². The van der Waals surface area contributed by atoms with E-state index in [-0.39, 0.29) is 24.3 Å². The predicted molar refractivity (Wildman–Crippen MR) is 123 cm³/mol. The number of fused-ring (bicyclic) bond motifs is 1. The molecule has 0 aromatic heterocycles. The molecule has 2 aliphatic heterocycles. The number of nitrogens with one attached hydrogen (secondary N) is 1. The summed E-state index contributed by atoms with van der Waals surface area (Å²) in [5, 5.41) is 2.81. The van der Waals surface area contributed by atoms with Gasteiger partial charge in [0.05, 0.1) is 16.2 Å². The Bertz CT molecular complexity index is 1110. The zero-order valence-corrected chi connectivity index (χ0v) is 18.1. The molecule has 2 heterocycles. The van der Waals surface area contributed by atoms with E-state index in [9.17, 15) is 14.4 Å². The smallest absolute Gasteiger partial charge is 0.266 e. The number of aryl methyl sites for hydroxylation is 1. The van der Waals surface area contributed by atoms with Crippen molar-refractivity contribution >= 4 is 63.0 Å². The monoisotopic (exact) mass is 437 g/mol. The minimum atomic E-state index is -0.369. The van der Waals surface area contributed by atoms with E-state index in [4.69, 9.17) is 12.2 Å². The Hall–Kier alpha value is -2.97. The molecular weight excluding hydrogens is 418 g/mol. The third kappa shape index (κ3) is 3.53. The van der Waals surface area contributed by atoms with E-state index < -0.39 is 0 Å². The molecule has 6 nitrogen and oxygen atoms in total. The van der Waals surface area contributed by atoms with Crippen LogP contribution < -0.4 is 10.2 Å². The molecule has 0 radical (unpaired) electrons. The van der Waals surface area contributed by atoms with Crippen LogP contribution in [-0.4, -0.2) is 40.0 Å². The van der Waals surface area contributed by atoms with Crippen LogP contribution in [-0.2, 0) is 14.4 Å². The first-order valence-electron chi connectivity index (χ1n) is 9.46. The maximum absolute atomic E-state index is 13.3. The van der Waals surface area contributed by atoms with E-state index in [0.29, 0.717) is 38.3 Å². The number of amides is 3. The Balaban J connectivity index is 1.65. The molecule has 2 aromatic rings. The van der Waals surface area contributed by atoms with Gasteiger partial charge in [0.2, 0.25) is 5.91 Å². The quantitative estimate of drug-likeness (QED) is 0.585. The number of thioether (sulfide) groups is 1. The largest absolute Gasteiger partial charge is 0.325 e. The molecule has 0 bridgehead atoms. The van der Waals surface area contributed by atoms with Crippen molar-refractivity contribution < 1.29 is 14.4 Å². The molecular formula is C22H19N3O3S2. The first-order valence-corrected chi connectivity index (χ1v) is 10.7. The summed E-state index contributed by atoms with van der Waals surface area (Å²) < 4.78 is 0.436. The Morgan fingerprint density at radius 2 is 1.73 bits per heavy atom. The number of likely N-dealkylation sites (N-methyl/N-ethyl adjacent to an activating group) is 1. The molecule has 2 aromatic carbocycles. The van der Waals surface area contributed by atoms with Crippen molar-refractivity contribution in [3.8, 4) is 0 Å². The number of rotatable bonds is 4. The lowest BCUT2D eigenvalue weighted by atomic mass is 10.1. The second kappa shape index (κ2) is 8.04. The summed E-state index contributed by atoms with van der Waals surface area (Å²) >= 11 is 6.43. The van der Waals surface area contributed by atoms with E-state index in [2.05, 4.69) is 5.32 Å². The lowest BCUT2D eigenvalue weighted by molar-refractivity contribution is -0.122. The van der Waals surface area contributed by atoms with Crippen LogP contribution in [0.3, 0.4) is 0 Å². The molecule has 2 aliphatic rings. The van der Waals surface area contributed by atoms with Gasteiger partial charge in [-0.25, -0.2) is 0 Å². The topological polar surface area (TPSA) is 69.7 Å². The van der Waals surface area contributed by atoms with Gasteiger partial charge in [-0.2, -0.15) is 0 Å². The van der Waals surface area contributed by atoms with Crippen molar-refractivity contribution in [2.45, 2.75) is 13.8 Å². The molecule has 0 spiro atoms. The summed E-state index contributed by atoms with van der Waals surface area (Å²) in [6.45, 7) is 4.10. The summed E-state index contributed by atoms with van der Waals surface area (Å²) in [6.07, 6.45) is 0. The van der Waals surface area contributed by atoms with Gasteiger partial charge in [0.25, 0.3) is 11.8 Å².